The lowest BCUT2D eigenvalue weighted by Crippen LogP contribution is -2.50. The van der Waals surface area contributed by atoms with E-state index in [4.69, 9.17) is 10.5 Å². The second kappa shape index (κ2) is 7.54. The number of carbonyl (C=O) groups is 1. The van der Waals surface area contributed by atoms with E-state index in [1.807, 2.05) is 20.8 Å². The molecule has 1 aromatic rings. The number of nitrogen functional groups attached to an aromatic ring is 1. The average molecular weight is 376 g/mol. The summed E-state index contributed by atoms with van der Waals surface area (Å²) in [6, 6.07) is 0. The Bertz CT molecular complexity index is 720. The zero-order valence-corrected chi connectivity index (χ0v) is 17.6. The zero-order chi connectivity index (χ0) is 19.5. The molecule has 0 radical (unpaired) electrons. The maximum Gasteiger partial charge on any atom is 0.410 e. The highest BCUT2D eigenvalue weighted by atomic mass is 28.3. The quantitative estimate of drug-likeness (QED) is 0.599. The molecule has 0 atom stereocenters. The summed E-state index contributed by atoms with van der Waals surface area (Å²) < 4.78 is 5.43. The van der Waals surface area contributed by atoms with Crippen molar-refractivity contribution in [3.63, 3.8) is 0 Å². The smallest absolute Gasteiger partial charge is 0.410 e. The van der Waals surface area contributed by atoms with Crippen LogP contribution in [0.1, 0.15) is 26.5 Å². The molecule has 142 valence electrons. The van der Waals surface area contributed by atoms with Crippen LogP contribution in [-0.2, 0) is 4.74 Å². The van der Waals surface area contributed by atoms with Gasteiger partial charge in [0.1, 0.15) is 31.4 Å². The molecule has 2 heterocycles. The predicted octanol–water partition coefficient (Wildman–Crippen LogP) is 2.34. The summed E-state index contributed by atoms with van der Waals surface area (Å²) in [6.45, 7) is 14.5. The molecule has 2 N–H and O–H groups in total. The third-order valence-corrected chi connectivity index (χ3v) is 4.52. The summed E-state index contributed by atoms with van der Waals surface area (Å²) in [5.74, 6) is 3.79. The van der Waals surface area contributed by atoms with E-state index >= 15 is 0 Å². The number of carbonyl (C=O) groups excluding carboxylic acids is 1. The van der Waals surface area contributed by atoms with E-state index in [0.717, 1.165) is 0 Å². The number of hydrogen-bond acceptors (Lipinski definition) is 6. The number of ether oxygens (including phenoxy) is 1. The highest BCUT2D eigenvalue weighted by molar-refractivity contribution is 6.83. The molecule has 26 heavy (non-hydrogen) atoms. The number of rotatable bonds is 1. The van der Waals surface area contributed by atoms with Gasteiger partial charge in [0, 0.05) is 26.2 Å². The zero-order valence-electron chi connectivity index (χ0n) is 16.6. The maximum atomic E-state index is 12.2. The Kier molecular flexibility index (Phi) is 5.81. The summed E-state index contributed by atoms with van der Waals surface area (Å²) in [6.07, 6.45) is 1.22. The fraction of sp³-hybridized carbons (Fsp3) is 0.611. The van der Waals surface area contributed by atoms with Crippen LogP contribution in [0.3, 0.4) is 0 Å². The third-order valence-electron chi connectivity index (χ3n) is 3.65. The summed E-state index contributed by atoms with van der Waals surface area (Å²) in [5, 5.41) is 0. The maximum absolute atomic E-state index is 12.2. The minimum Gasteiger partial charge on any atom is -0.444 e. The third kappa shape index (κ3) is 5.63. The van der Waals surface area contributed by atoms with E-state index < -0.39 is 13.7 Å². The lowest BCUT2D eigenvalue weighted by Gasteiger charge is -2.36. The summed E-state index contributed by atoms with van der Waals surface area (Å²) in [7, 11) is -1.51. The van der Waals surface area contributed by atoms with Crippen LogP contribution < -0.4 is 10.6 Å². The molecule has 1 aromatic heterocycles. The van der Waals surface area contributed by atoms with Crippen LogP contribution in [0.25, 0.3) is 0 Å². The molecule has 2 rings (SSSR count). The Hall–Kier alpha value is -2.27. The van der Waals surface area contributed by atoms with Crippen molar-refractivity contribution in [3.05, 3.63) is 12.0 Å². The van der Waals surface area contributed by atoms with Gasteiger partial charge in [0.25, 0.3) is 0 Å². The lowest BCUT2D eigenvalue weighted by molar-refractivity contribution is 0.0240. The summed E-state index contributed by atoms with van der Waals surface area (Å²) >= 11 is 0. The monoisotopic (exact) mass is 375 g/mol. The van der Waals surface area contributed by atoms with Crippen molar-refractivity contribution in [1.29, 1.82) is 0 Å². The van der Waals surface area contributed by atoms with Crippen LogP contribution in [0.15, 0.2) is 6.33 Å². The van der Waals surface area contributed by atoms with Gasteiger partial charge in [0.2, 0.25) is 0 Å². The Morgan fingerprint density at radius 1 is 1.19 bits per heavy atom. The minimum atomic E-state index is -1.51. The minimum absolute atomic E-state index is 0.283. The SMILES string of the molecule is CC(C)(C)OC(=O)N1CCN(c2ncnc(C#C[Si](C)(C)C)c2N)CC1. The van der Waals surface area contributed by atoms with Gasteiger partial charge >= 0.3 is 6.09 Å². The standard InChI is InChI=1S/C18H29N5O2Si/c1-18(2,3)25-17(24)23-10-8-22(9-11-23)16-15(19)14(20-13-21-16)7-12-26(4,5)6/h13H,8-11,19H2,1-6H3. The highest BCUT2D eigenvalue weighted by Gasteiger charge is 2.27. The van der Waals surface area contributed by atoms with Crippen LogP contribution in [0.4, 0.5) is 16.3 Å². The summed E-state index contributed by atoms with van der Waals surface area (Å²) in [5.41, 5.74) is 10.1. The first-order valence-electron chi connectivity index (χ1n) is 8.83. The Morgan fingerprint density at radius 2 is 1.81 bits per heavy atom. The van der Waals surface area contributed by atoms with Crippen LogP contribution in [0.5, 0.6) is 0 Å². The molecule has 1 aliphatic rings. The average Bonchev–Trinajstić information content (AvgIpc) is 2.52. The first kappa shape index (κ1) is 20.0. The number of amides is 1. The molecule has 1 fully saturated rings. The van der Waals surface area contributed by atoms with E-state index in [0.29, 0.717) is 43.4 Å². The van der Waals surface area contributed by atoms with Gasteiger partial charge in [-0.05, 0) is 20.8 Å². The molecule has 8 heteroatoms. The first-order chi connectivity index (χ1) is 12.0. The van der Waals surface area contributed by atoms with Gasteiger partial charge in [-0.1, -0.05) is 25.6 Å². The molecule has 0 saturated carbocycles. The van der Waals surface area contributed by atoms with Gasteiger partial charge < -0.3 is 20.3 Å². The number of nitrogens with zero attached hydrogens (tertiary/aromatic N) is 4. The van der Waals surface area contributed by atoms with Gasteiger partial charge in [0.15, 0.2) is 5.82 Å². The fourth-order valence-electron chi connectivity index (χ4n) is 2.41. The molecule has 0 spiro atoms. The van der Waals surface area contributed by atoms with Crippen LogP contribution in [0, 0.1) is 11.5 Å². The highest BCUT2D eigenvalue weighted by Crippen LogP contribution is 2.23. The number of anilines is 2. The van der Waals surface area contributed by atoms with Crippen LogP contribution in [0.2, 0.25) is 19.6 Å². The molecule has 1 amide bonds. The topological polar surface area (TPSA) is 84.6 Å². The Morgan fingerprint density at radius 3 is 2.35 bits per heavy atom. The van der Waals surface area contributed by atoms with Crippen molar-refractivity contribution in [2.24, 2.45) is 0 Å². The molecule has 1 aliphatic heterocycles. The van der Waals surface area contributed by atoms with E-state index in [2.05, 4.69) is 46.0 Å². The number of nitrogens with two attached hydrogens (primary N) is 1. The van der Waals surface area contributed by atoms with E-state index in [1.54, 1.807) is 4.90 Å². The van der Waals surface area contributed by atoms with Crippen molar-refractivity contribution >= 4 is 25.7 Å². The second-order valence-electron chi connectivity index (χ2n) is 8.41. The Balaban J connectivity index is 2.08. The van der Waals surface area contributed by atoms with Crippen LogP contribution in [-0.4, -0.2) is 60.8 Å². The molecule has 0 aliphatic carbocycles. The van der Waals surface area contributed by atoms with Crippen molar-refractivity contribution in [3.8, 4) is 11.5 Å². The number of hydrogen-bond donors (Lipinski definition) is 1. The molecule has 7 nitrogen and oxygen atoms in total. The van der Waals surface area contributed by atoms with Crippen molar-refractivity contribution in [2.75, 3.05) is 36.8 Å². The van der Waals surface area contributed by atoms with E-state index in [1.165, 1.54) is 6.33 Å². The fourth-order valence-corrected chi connectivity index (χ4v) is 2.91. The van der Waals surface area contributed by atoms with E-state index in [9.17, 15) is 4.79 Å². The van der Waals surface area contributed by atoms with E-state index in [-0.39, 0.29) is 6.09 Å². The largest absolute Gasteiger partial charge is 0.444 e. The molecule has 1 saturated heterocycles. The van der Waals surface area contributed by atoms with Gasteiger partial charge in [-0.15, -0.1) is 5.54 Å². The molecule has 0 aromatic carbocycles. The van der Waals surface area contributed by atoms with Gasteiger partial charge in [0.05, 0.1) is 0 Å². The number of aromatic nitrogens is 2. The normalized spacial score (nSPS) is 15.3. The molecule has 0 bridgehead atoms. The van der Waals surface area contributed by atoms with Gasteiger partial charge in [-0.3, -0.25) is 0 Å². The predicted molar refractivity (Wildman–Crippen MR) is 107 cm³/mol. The number of piperazine rings is 1. The van der Waals surface area contributed by atoms with Crippen molar-refractivity contribution in [1.82, 2.24) is 14.9 Å². The van der Waals surface area contributed by atoms with Crippen molar-refractivity contribution in [2.45, 2.75) is 46.0 Å². The molecular formula is C18H29N5O2Si. The molecule has 0 unspecified atom stereocenters. The molecular weight excluding hydrogens is 346 g/mol. The van der Waals surface area contributed by atoms with Gasteiger partial charge in [-0.2, -0.15) is 0 Å². The lowest BCUT2D eigenvalue weighted by atomic mass is 10.2. The first-order valence-corrected chi connectivity index (χ1v) is 12.3. The van der Waals surface area contributed by atoms with Crippen LogP contribution >= 0.6 is 0 Å². The van der Waals surface area contributed by atoms with Crippen molar-refractivity contribution < 1.29 is 9.53 Å². The second-order valence-corrected chi connectivity index (χ2v) is 13.2. The van der Waals surface area contributed by atoms with Gasteiger partial charge in [-0.25, -0.2) is 14.8 Å². The summed E-state index contributed by atoms with van der Waals surface area (Å²) in [4.78, 5) is 24.5. The Labute approximate surface area is 156 Å².